The van der Waals surface area contributed by atoms with Gasteiger partial charge in [-0.25, -0.2) is 0 Å². The van der Waals surface area contributed by atoms with Crippen LogP contribution >= 0.6 is 0 Å². The van der Waals surface area contributed by atoms with Gasteiger partial charge in [-0.15, -0.1) is 0 Å². The number of ether oxygens (including phenoxy) is 1. The zero-order valence-corrected chi connectivity index (χ0v) is 8.65. The highest BCUT2D eigenvalue weighted by Crippen LogP contribution is 2.19. The van der Waals surface area contributed by atoms with Crippen molar-refractivity contribution in [1.82, 2.24) is 0 Å². The van der Waals surface area contributed by atoms with E-state index in [1.807, 2.05) is 18.2 Å². The van der Waals surface area contributed by atoms with Gasteiger partial charge in [0.05, 0.1) is 6.26 Å². The fourth-order valence-corrected chi connectivity index (χ4v) is 1.59. The highest BCUT2D eigenvalue weighted by atomic mass is 16.5. The average Bonchev–Trinajstić information content (AvgIpc) is 2.80. The molecule has 0 spiro atoms. The molecule has 2 heteroatoms. The lowest BCUT2D eigenvalue weighted by molar-refractivity contribution is 0.286. The number of para-hydroxylation sites is 1. The highest BCUT2D eigenvalue weighted by Gasteiger charge is 2.05. The molecule has 0 aliphatic carbocycles. The smallest absolute Gasteiger partial charge is 0.106 e. The van der Waals surface area contributed by atoms with Crippen LogP contribution in [0.2, 0.25) is 0 Å². The zero-order valence-electron chi connectivity index (χ0n) is 8.65. The van der Waals surface area contributed by atoms with Gasteiger partial charge in [0.15, 0.2) is 0 Å². The Morgan fingerprint density at radius 1 is 1.13 bits per heavy atom. The van der Waals surface area contributed by atoms with Crippen molar-refractivity contribution in [1.29, 1.82) is 0 Å². The minimum atomic E-state index is 0.733. The lowest BCUT2D eigenvalue weighted by Gasteiger charge is -1.94. The molecule has 3 rings (SSSR count). The second-order valence-electron chi connectivity index (χ2n) is 3.42. The molecule has 78 valence electrons. The van der Waals surface area contributed by atoms with Gasteiger partial charge in [0, 0.05) is 12.2 Å². The quantitative estimate of drug-likeness (QED) is 0.697. The van der Waals surface area contributed by atoms with E-state index in [0.29, 0.717) is 0 Å². The van der Waals surface area contributed by atoms with Gasteiger partial charge in [-0.2, -0.15) is 0 Å². The van der Waals surface area contributed by atoms with E-state index in [-0.39, 0.29) is 0 Å². The van der Waals surface area contributed by atoms with Crippen LogP contribution < -0.4 is 5.32 Å². The van der Waals surface area contributed by atoms with E-state index in [2.05, 4.69) is 29.6 Å². The number of rotatable bonds is 0. The van der Waals surface area contributed by atoms with Gasteiger partial charge in [0.1, 0.15) is 6.61 Å². The highest BCUT2D eigenvalue weighted by molar-refractivity contribution is 5.54. The van der Waals surface area contributed by atoms with Crippen LogP contribution in [0.3, 0.4) is 0 Å². The molecule has 2 aliphatic rings. The Morgan fingerprint density at radius 2 is 2.07 bits per heavy atom. The van der Waals surface area contributed by atoms with Crippen LogP contribution in [0.15, 0.2) is 48.8 Å². The third kappa shape index (κ3) is 2.88. The van der Waals surface area contributed by atoms with Crippen LogP contribution in [0.5, 0.6) is 0 Å². The molecule has 2 heterocycles. The SMILES string of the molecule is C1=CCOC=C1.c1ccc2c(c1)CCN2. The lowest BCUT2D eigenvalue weighted by Crippen LogP contribution is -1.90. The number of nitrogens with one attached hydrogen (secondary N) is 1. The first-order chi connectivity index (χ1) is 7.47. The first-order valence-corrected chi connectivity index (χ1v) is 5.22. The van der Waals surface area contributed by atoms with Crippen LogP contribution in [0.1, 0.15) is 5.56 Å². The van der Waals surface area contributed by atoms with Crippen molar-refractivity contribution in [2.45, 2.75) is 6.42 Å². The predicted molar refractivity (Wildman–Crippen MR) is 62.9 cm³/mol. The Bertz CT molecular complexity index is 334. The summed E-state index contributed by atoms with van der Waals surface area (Å²) in [6.45, 7) is 1.84. The molecule has 1 aromatic rings. The molecule has 2 nitrogen and oxygen atoms in total. The number of benzene rings is 1. The Labute approximate surface area is 90.3 Å². The van der Waals surface area contributed by atoms with Gasteiger partial charge < -0.3 is 10.1 Å². The molecule has 0 fully saturated rings. The molecule has 0 bridgehead atoms. The second kappa shape index (κ2) is 5.25. The lowest BCUT2D eigenvalue weighted by atomic mass is 10.2. The largest absolute Gasteiger partial charge is 0.497 e. The van der Waals surface area contributed by atoms with E-state index in [1.165, 1.54) is 17.7 Å². The Hall–Kier alpha value is -1.70. The zero-order chi connectivity index (χ0) is 10.3. The van der Waals surface area contributed by atoms with Crippen LogP contribution in [-0.2, 0) is 11.2 Å². The topological polar surface area (TPSA) is 21.3 Å². The van der Waals surface area contributed by atoms with Crippen molar-refractivity contribution in [3.05, 3.63) is 54.3 Å². The van der Waals surface area contributed by atoms with E-state index >= 15 is 0 Å². The maximum Gasteiger partial charge on any atom is 0.106 e. The molecule has 1 N–H and O–H groups in total. The summed E-state index contributed by atoms with van der Waals surface area (Å²) in [4.78, 5) is 0. The van der Waals surface area contributed by atoms with E-state index in [4.69, 9.17) is 4.74 Å². The van der Waals surface area contributed by atoms with Crippen molar-refractivity contribution in [2.75, 3.05) is 18.5 Å². The van der Waals surface area contributed by atoms with Crippen molar-refractivity contribution < 1.29 is 4.74 Å². The molecule has 0 saturated heterocycles. The predicted octanol–water partition coefficient (Wildman–Crippen LogP) is 2.74. The van der Waals surface area contributed by atoms with Gasteiger partial charge in [0.25, 0.3) is 0 Å². The third-order valence-electron chi connectivity index (χ3n) is 2.34. The monoisotopic (exact) mass is 201 g/mol. The summed E-state index contributed by atoms with van der Waals surface area (Å²) >= 11 is 0. The summed E-state index contributed by atoms with van der Waals surface area (Å²) in [5.41, 5.74) is 2.77. The van der Waals surface area contributed by atoms with E-state index in [9.17, 15) is 0 Å². The summed E-state index contributed by atoms with van der Waals surface area (Å²) in [5.74, 6) is 0. The molecule has 0 aromatic heterocycles. The third-order valence-corrected chi connectivity index (χ3v) is 2.34. The maximum atomic E-state index is 4.80. The molecule has 0 radical (unpaired) electrons. The van der Waals surface area contributed by atoms with Crippen molar-refractivity contribution in [3.8, 4) is 0 Å². The summed E-state index contributed by atoms with van der Waals surface area (Å²) < 4.78 is 4.80. The number of hydrogen-bond acceptors (Lipinski definition) is 2. The fourth-order valence-electron chi connectivity index (χ4n) is 1.59. The molecular weight excluding hydrogens is 186 g/mol. The van der Waals surface area contributed by atoms with Crippen LogP contribution in [0.4, 0.5) is 5.69 Å². The molecule has 0 amide bonds. The van der Waals surface area contributed by atoms with Gasteiger partial charge in [-0.3, -0.25) is 0 Å². The van der Waals surface area contributed by atoms with E-state index in [0.717, 1.165) is 13.2 Å². The summed E-state index contributed by atoms with van der Waals surface area (Å²) in [6.07, 6.45) is 8.66. The molecule has 1 aromatic carbocycles. The number of anilines is 1. The first-order valence-electron chi connectivity index (χ1n) is 5.22. The first kappa shape index (κ1) is 9.84. The fraction of sp³-hybridized carbons (Fsp3) is 0.231. The van der Waals surface area contributed by atoms with E-state index < -0.39 is 0 Å². The number of fused-ring (bicyclic) bond motifs is 1. The Balaban J connectivity index is 0.000000124. The Morgan fingerprint density at radius 3 is 2.67 bits per heavy atom. The standard InChI is InChI=1S/C8H9N.C5H6O/c1-2-4-8-7(3-1)5-6-9-8;1-2-4-6-5-3-1/h1-4,9H,5-6H2;1-4H,5H2. The van der Waals surface area contributed by atoms with Gasteiger partial charge in [0.2, 0.25) is 0 Å². The molecular formula is C13H15NO. The number of hydrogen-bond donors (Lipinski definition) is 1. The minimum absolute atomic E-state index is 0.733. The normalized spacial score (nSPS) is 15.7. The van der Waals surface area contributed by atoms with Crippen molar-refractivity contribution in [3.63, 3.8) is 0 Å². The summed E-state index contributed by atoms with van der Waals surface area (Å²) in [7, 11) is 0. The van der Waals surface area contributed by atoms with Crippen LogP contribution in [0.25, 0.3) is 0 Å². The molecule has 15 heavy (non-hydrogen) atoms. The maximum absolute atomic E-state index is 4.80. The van der Waals surface area contributed by atoms with E-state index in [1.54, 1.807) is 6.26 Å². The average molecular weight is 201 g/mol. The summed E-state index contributed by atoms with van der Waals surface area (Å²) in [5, 5.41) is 3.30. The molecule has 0 unspecified atom stereocenters. The molecule has 0 atom stereocenters. The van der Waals surface area contributed by atoms with Gasteiger partial charge in [-0.05, 0) is 30.2 Å². The second-order valence-corrected chi connectivity index (χ2v) is 3.42. The minimum Gasteiger partial charge on any atom is -0.497 e. The van der Waals surface area contributed by atoms with Crippen molar-refractivity contribution >= 4 is 5.69 Å². The number of allylic oxidation sites excluding steroid dienone is 2. The van der Waals surface area contributed by atoms with Gasteiger partial charge >= 0.3 is 0 Å². The Kier molecular flexibility index (Phi) is 3.44. The van der Waals surface area contributed by atoms with Gasteiger partial charge in [-0.1, -0.05) is 24.3 Å². The van der Waals surface area contributed by atoms with Crippen molar-refractivity contribution in [2.24, 2.45) is 0 Å². The van der Waals surface area contributed by atoms with Crippen LogP contribution in [-0.4, -0.2) is 13.2 Å². The summed E-state index contributed by atoms with van der Waals surface area (Å²) in [6, 6.07) is 8.46. The molecule has 2 aliphatic heterocycles. The molecule has 0 saturated carbocycles. The van der Waals surface area contributed by atoms with Crippen LogP contribution in [0, 0.1) is 0 Å².